The lowest BCUT2D eigenvalue weighted by Crippen LogP contribution is -2.15. The number of hydrogen-bond donors (Lipinski definition) is 3. The summed E-state index contributed by atoms with van der Waals surface area (Å²) in [4.78, 5) is 26.5. The quantitative estimate of drug-likeness (QED) is 0.735. The summed E-state index contributed by atoms with van der Waals surface area (Å²) in [5.41, 5.74) is 0.775. The third-order valence-electron chi connectivity index (χ3n) is 2.61. The number of carboxylic acids is 1. The van der Waals surface area contributed by atoms with E-state index in [0.717, 1.165) is 5.56 Å². The lowest BCUT2D eigenvalue weighted by atomic mass is 10.1. The highest BCUT2D eigenvalue weighted by molar-refractivity contribution is 5.96. The van der Waals surface area contributed by atoms with Crippen molar-refractivity contribution in [3.05, 3.63) is 53.9 Å². The summed E-state index contributed by atoms with van der Waals surface area (Å²) in [6, 6.07) is 7.15. The van der Waals surface area contributed by atoms with Crippen LogP contribution in [0.5, 0.6) is 5.75 Å². The molecule has 2 aromatic rings. The fourth-order valence-corrected chi connectivity index (χ4v) is 1.65. The number of hydrogen-bond acceptors (Lipinski definition) is 4. The fourth-order valence-electron chi connectivity index (χ4n) is 1.65. The Morgan fingerprint density at radius 2 is 2.05 bits per heavy atom. The monoisotopic (exact) mass is 272 g/mol. The van der Waals surface area contributed by atoms with Crippen molar-refractivity contribution in [1.29, 1.82) is 0 Å². The molecule has 0 bridgehead atoms. The molecule has 0 radical (unpaired) electrons. The number of benzene rings is 1. The van der Waals surface area contributed by atoms with Crippen LogP contribution >= 0.6 is 0 Å². The number of rotatable bonds is 4. The molecule has 6 nitrogen and oxygen atoms in total. The Kier molecular flexibility index (Phi) is 3.95. The molecule has 1 amide bonds. The van der Waals surface area contributed by atoms with Gasteiger partial charge < -0.3 is 15.5 Å². The Bertz CT molecular complexity index is 641. The summed E-state index contributed by atoms with van der Waals surface area (Å²) in [7, 11) is 0. The van der Waals surface area contributed by atoms with Gasteiger partial charge in [0.25, 0.3) is 0 Å². The van der Waals surface area contributed by atoms with Gasteiger partial charge in [-0.05, 0) is 29.8 Å². The first kappa shape index (κ1) is 13.5. The van der Waals surface area contributed by atoms with Crippen LogP contribution in [0, 0.1) is 0 Å². The lowest BCUT2D eigenvalue weighted by molar-refractivity contribution is -0.115. The number of phenolic OH excluding ortho intramolecular Hbond substituents is 1. The van der Waals surface area contributed by atoms with Crippen molar-refractivity contribution in [2.75, 3.05) is 5.32 Å². The molecule has 1 aromatic heterocycles. The van der Waals surface area contributed by atoms with Gasteiger partial charge in [-0.2, -0.15) is 0 Å². The van der Waals surface area contributed by atoms with E-state index in [1.165, 1.54) is 18.2 Å². The van der Waals surface area contributed by atoms with E-state index in [9.17, 15) is 14.7 Å². The summed E-state index contributed by atoms with van der Waals surface area (Å²) in [5.74, 6) is -1.68. The second-order valence-electron chi connectivity index (χ2n) is 4.12. The van der Waals surface area contributed by atoms with Crippen LogP contribution < -0.4 is 5.32 Å². The minimum atomic E-state index is -1.13. The smallest absolute Gasteiger partial charge is 0.335 e. The average molecular weight is 272 g/mol. The first-order chi connectivity index (χ1) is 9.56. The number of nitrogens with zero attached hydrogens (tertiary/aromatic N) is 1. The van der Waals surface area contributed by atoms with Gasteiger partial charge in [-0.1, -0.05) is 6.07 Å². The van der Waals surface area contributed by atoms with Crippen molar-refractivity contribution in [3.63, 3.8) is 0 Å². The first-order valence-corrected chi connectivity index (χ1v) is 5.81. The van der Waals surface area contributed by atoms with Crippen molar-refractivity contribution in [2.45, 2.75) is 6.42 Å². The topological polar surface area (TPSA) is 99.5 Å². The molecule has 0 saturated heterocycles. The summed E-state index contributed by atoms with van der Waals surface area (Å²) in [6.45, 7) is 0. The molecule has 0 unspecified atom stereocenters. The van der Waals surface area contributed by atoms with Crippen LogP contribution in [0.1, 0.15) is 15.9 Å². The summed E-state index contributed by atoms with van der Waals surface area (Å²) >= 11 is 0. The number of aromatic hydroxyl groups is 1. The maximum atomic E-state index is 11.8. The molecule has 3 N–H and O–H groups in total. The number of carbonyl (C=O) groups is 2. The molecular formula is C14H12N2O4. The molecule has 6 heteroatoms. The number of carboxylic acid groups (broad SMARTS) is 1. The van der Waals surface area contributed by atoms with Gasteiger partial charge in [0.2, 0.25) is 5.91 Å². The van der Waals surface area contributed by atoms with E-state index in [1.54, 1.807) is 24.5 Å². The van der Waals surface area contributed by atoms with Gasteiger partial charge in [0, 0.05) is 12.4 Å². The van der Waals surface area contributed by atoms with Crippen LogP contribution in [0.25, 0.3) is 0 Å². The molecule has 2 rings (SSSR count). The van der Waals surface area contributed by atoms with Gasteiger partial charge in [0.05, 0.1) is 17.7 Å². The predicted octanol–water partition coefficient (Wildman–Crippen LogP) is 1.67. The largest absolute Gasteiger partial charge is 0.506 e. The molecule has 20 heavy (non-hydrogen) atoms. The third-order valence-corrected chi connectivity index (χ3v) is 2.61. The Labute approximate surface area is 114 Å². The second kappa shape index (κ2) is 5.83. The Morgan fingerprint density at radius 1 is 1.25 bits per heavy atom. The minimum Gasteiger partial charge on any atom is -0.506 e. The molecule has 0 spiro atoms. The predicted molar refractivity (Wildman–Crippen MR) is 71.6 cm³/mol. The van der Waals surface area contributed by atoms with Gasteiger partial charge in [-0.15, -0.1) is 0 Å². The molecule has 1 aromatic carbocycles. The summed E-state index contributed by atoms with van der Waals surface area (Å²) in [6.07, 6.45) is 3.25. The Balaban J connectivity index is 2.11. The highest BCUT2D eigenvalue weighted by atomic mass is 16.4. The summed E-state index contributed by atoms with van der Waals surface area (Å²) in [5, 5.41) is 21.0. The fraction of sp³-hybridized carbons (Fsp3) is 0.0714. The number of pyridine rings is 1. The van der Waals surface area contributed by atoms with Gasteiger partial charge >= 0.3 is 5.97 Å². The maximum Gasteiger partial charge on any atom is 0.335 e. The van der Waals surface area contributed by atoms with Crippen molar-refractivity contribution >= 4 is 17.6 Å². The van der Waals surface area contributed by atoms with E-state index >= 15 is 0 Å². The lowest BCUT2D eigenvalue weighted by Gasteiger charge is -2.08. The van der Waals surface area contributed by atoms with Crippen LogP contribution in [0.4, 0.5) is 5.69 Å². The van der Waals surface area contributed by atoms with Gasteiger partial charge in [-0.3, -0.25) is 9.78 Å². The first-order valence-electron chi connectivity index (χ1n) is 5.81. The van der Waals surface area contributed by atoms with Crippen molar-refractivity contribution < 1.29 is 19.8 Å². The molecular weight excluding hydrogens is 260 g/mol. The SMILES string of the molecule is O=C(Cc1cccnc1)Nc1cc(C(=O)O)ccc1O. The number of nitrogens with one attached hydrogen (secondary N) is 1. The molecule has 0 aliphatic heterocycles. The Morgan fingerprint density at radius 3 is 2.70 bits per heavy atom. The van der Waals surface area contributed by atoms with Crippen molar-refractivity contribution in [1.82, 2.24) is 4.98 Å². The van der Waals surface area contributed by atoms with Crippen molar-refractivity contribution in [3.8, 4) is 5.75 Å². The number of anilines is 1. The third kappa shape index (κ3) is 3.32. The van der Waals surface area contributed by atoms with Crippen molar-refractivity contribution in [2.24, 2.45) is 0 Å². The van der Waals surface area contributed by atoms with Gasteiger partial charge in [0.15, 0.2) is 0 Å². The molecule has 0 atom stereocenters. The molecule has 0 aliphatic rings. The standard InChI is InChI=1S/C14H12N2O4/c17-12-4-3-10(14(19)20)7-11(12)16-13(18)6-9-2-1-5-15-8-9/h1-5,7-8,17H,6H2,(H,16,18)(H,19,20). The zero-order chi connectivity index (χ0) is 14.5. The zero-order valence-corrected chi connectivity index (χ0v) is 10.4. The van der Waals surface area contributed by atoms with E-state index in [4.69, 9.17) is 5.11 Å². The van der Waals surface area contributed by atoms with E-state index in [-0.39, 0.29) is 29.3 Å². The highest BCUT2D eigenvalue weighted by Crippen LogP contribution is 2.24. The highest BCUT2D eigenvalue weighted by Gasteiger charge is 2.11. The number of amides is 1. The molecule has 0 fully saturated rings. The number of phenols is 1. The molecule has 1 heterocycles. The Hall–Kier alpha value is -2.89. The number of aromatic nitrogens is 1. The van der Waals surface area contributed by atoms with E-state index in [0.29, 0.717) is 0 Å². The molecule has 0 saturated carbocycles. The minimum absolute atomic E-state index is 0.0144. The average Bonchev–Trinajstić information content (AvgIpc) is 2.42. The van der Waals surface area contributed by atoms with Gasteiger partial charge in [0.1, 0.15) is 5.75 Å². The van der Waals surface area contributed by atoms with Crippen LogP contribution in [0.2, 0.25) is 0 Å². The normalized spacial score (nSPS) is 10.0. The van der Waals surface area contributed by atoms with E-state index in [1.807, 2.05) is 0 Å². The van der Waals surface area contributed by atoms with Crippen LogP contribution in [0.3, 0.4) is 0 Å². The number of aromatic carboxylic acids is 1. The zero-order valence-electron chi connectivity index (χ0n) is 10.4. The maximum absolute atomic E-state index is 11.8. The van der Waals surface area contributed by atoms with Crippen LogP contribution in [0.15, 0.2) is 42.7 Å². The van der Waals surface area contributed by atoms with E-state index in [2.05, 4.69) is 10.3 Å². The van der Waals surface area contributed by atoms with Gasteiger partial charge in [-0.25, -0.2) is 4.79 Å². The second-order valence-corrected chi connectivity index (χ2v) is 4.12. The summed E-state index contributed by atoms with van der Waals surface area (Å²) < 4.78 is 0. The van der Waals surface area contributed by atoms with E-state index < -0.39 is 5.97 Å². The van der Waals surface area contributed by atoms with Crippen LogP contribution in [-0.4, -0.2) is 27.1 Å². The molecule has 102 valence electrons. The number of carbonyl (C=O) groups excluding carboxylic acids is 1. The van der Waals surface area contributed by atoms with Crippen LogP contribution in [-0.2, 0) is 11.2 Å². The molecule has 0 aliphatic carbocycles.